The minimum atomic E-state index is -0.0285. The Labute approximate surface area is 474 Å². The van der Waals surface area contributed by atoms with Crippen LogP contribution in [0.5, 0.6) is 0 Å². The summed E-state index contributed by atoms with van der Waals surface area (Å²) in [6.07, 6.45) is 12.4. The molecule has 5 heteroatoms. The van der Waals surface area contributed by atoms with E-state index in [1.807, 2.05) is 24.3 Å². The van der Waals surface area contributed by atoms with E-state index in [1.165, 1.54) is 141 Å². The van der Waals surface area contributed by atoms with Crippen LogP contribution in [0.2, 0.25) is 0 Å². The molecule has 0 bridgehead atoms. The van der Waals surface area contributed by atoms with Crippen LogP contribution in [-0.2, 0) is 25.5 Å². The Kier molecular flexibility index (Phi) is 16.9. The van der Waals surface area contributed by atoms with Gasteiger partial charge in [0.15, 0.2) is 0 Å². The number of aromatic nitrogens is 3. The summed E-state index contributed by atoms with van der Waals surface area (Å²) in [7, 11) is 0. The second-order valence-corrected chi connectivity index (χ2v) is 21.6. The number of rotatable bonds is 16. The van der Waals surface area contributed by atoms with Crippen molar-refractivity contribution in [2.24, 2.45) is 0 Å². The fourth-order valence-corrected chi connectivity index (χ4v) is 12.5. The maximum Gasteiger partial charge on any atom is 0.0763 e. The van der Waals surface area contributed by atoms with Crippen molar-refractivity contribution in [2.75, 3.05) is 0 Å². The first-order chi connectivity index (χ1) is 37.4. The van der Waals surface area contributed by atoms with Crippen LogP contribution in [0.4, 0.5) is 0 Å². The number of thiazole rings is 1. The van der Waals surface area contributed by atoms with E-state index >= 15 is 0 Å². The molecule has 0 saturated carbocycles. The van der Waals surface area contributed by atoms with Crippen molar-refractivity contribution in [1.29, 1.82) is 0 Å². The fourth-order valence-electron chi connectivity index (χ4n) is 11.6. The average molecular weight is 1200 g/mol. The molecule has 1 aliphatic rings. The molecule has 0 N–H and O–H groups in total. The van der Waals surface area contributed by atoms with Crippen molar-refractivity contribution in [3.8, 4) is 77.7 Å². The number of benzene rings is 9. The smallest absolute Gasteiger partial charge is 0.0763 e. The van der Waals surface area contributed by atoms with Crippen LogP contribution in [-0.4, -0.2) is 15.0 Å². The van der Waals surface area contributed by atoms with Crippen molar-refractivity contribution in [3.63, 3.8) is 0 Å². The molecule has 77 heavy (non-hydrogen) atoms. The molecule has 3 nitrogen and oxygen atoms in total. The number of hydrogen-bond acceptors (Lipinski definition) is 4. The van der Waals surface area contributed by atoms with Gasteiger partial charge in [0.05, 0.1) is 22.6 Å². The molecule has 0 aliphatic heterocycles. The second-order valence-electron chi connectivity index (χ2n) is 20.6. The molecule has 9 aromatic carbocycles. The predicted molar refractivity (Wildman–Crippen MR) is 323 cm³/mol. The third-order valence-electron chi connectivity index (χ3n) is 15.5. The van der Waals surface area contributed by atoms with Crippen LogP contribution in [0.1, 0.15) is 100 Å². The monoisotopic (exact) mass is 1200 g/mol. The molecular formula is C72H65IrN3S-2. The quantitative estimate of drug-likeness (QED) is 0.0715. The predicted octanol–water partition coefficient (Wildman–Crippen LogP) is 20.4. The van der Waals surface area contributed by atoms with Crippen LogP contribution in [0, 0.1) is 26.0 Å². The molecule has 0 unspecified atom stereocenters. The van der Waals surface area contributed by atoms with Gasteiger partial charge in [0, 0.05) is 40.8 Å². The van der Waals surface area contributed by atoms with Crippen LogP contribution < -0.4 is 0 Å². The number of hydrogen-bond donors (Lipinski definition) is 0. The van der Waals surface area contributed by atoms with E-state index in [2.05, 4.69) is 216 Å². The molecular weight excluding hydrogens is 1130 g/mol. The molecule has 12 rings (SSSR count). The normalized spacial score (nSPS) is 12.2. The van der Waals surface area contributed by atoms with Gasteiger partial charge in [-0.2, -0.15) is 11.3 Å². The van der Waals surface area contributed by atoms with E-state index < -0.39 is 0 Å². The first kappa shape index (κ1) is 53.3. The molecule has 0 fully saturated rings. The second kappa shape index (κ2) is 24.5. The topological polar surface area (TPSA) is 38.7 Å². The zero-order chi connectivity index (χ0) is 51.8. The minimum absolute atomic E-state index is 0. The van der Waals surface area contributed by atoms with Crippen molar-refractivity contribution in [1.82, 2.24) is 15.0 Å². The molecule has 0 amide bonds. The summed E-state index contributed by atoms with van der Waals surface area (Å²) in [6, 6.07) is 78.7. The average Bonchev–Trinajstić information content (AvgIpc) is 4.23. The van der Waals surface area contributed by atoms with Gasteiger partial charge in [-0.3, -0.25) is 15.0 Å². The van der Waals surface area contributed by atoms with Gasteiger partial charge in [-0.25, -0.2) is 0 Å². The summed E-state index contributed by atoms with van der Waals surface area (Å²) in [5.41, 5.74) is 21.6. The summed E-state index contributed by atoms with van der Waals surface area (Å²) in [6.45, 7) is 8.99. The first-order valence-corrected chi connectivity index (χ1v) is 28.4. The molecule has 0 atom stereocenters. The molecule has 0 saturated heterocycles. The molecule has 2 heterocycles. The largest absolute Gasteiger partial charge is 0.285 e. The Morgan fingerprint density at radius 3 is 1.73 bits per heavy atom. The zero-order valence-electron chi connectivity index (χ0n) is 44.7. The third-order valence-corrected chi connectivity index (χ3v) is 16.6. The Bertz CT molecular complexity index is 3720. The van der Waals surface area contributed by atoms with E-state index in [4.69, 9.17) is 15.0 Å². The van der Waals surface area contributed by atoms with Gasteiger partial charge in [0.1, 0.15) is 0 Å². The van der Waals surface area contributed by atoms with Crippen molar-refractivity contribution >= 4 is 32.5 Å². The Morgan fingerprint density at radius 2 is 1.04 bits per heavy atom. The van der Waals surface area contributed by atoms with Gasteiger partial charge in [-0.15, -0.1) is 64.7 Å². The van der Waals surface area contributed by atoms with Crippen LogP contribution >= 0.6 is 11.3 Å². The van der Waals surface area contributed by atoms with Gasteiger partial charge in [0.2, 0.25) is 0 Å². The molecule has 1 radical (unpaired) electrons. The number of nitrogens with zero attached hydrogens (tertiary/aromatic N) is 3. The molecule has 1 aliphatic carbocycles. The standard InChI is InChI=1S/C53H53N2.C19H12NS.Ir/c1-5-7-9-16-32-53(33-17-10-8-6-2)47-30-28-42(41-25-19-24-40(34-41)39-22-12-11-13-23-39)35-45(47)46-36-43(29-31-48(46)53)52-54-49-27-15-14-26-44(49)51(55-52)50-37(3)20-18-21-38(50)4;1-2-7-14(8-3-1)15-9-6-10-16(13-15)19-20-17-11-4-5-12-18(17)21-19;/h11-15,18-28,30-31,34-36H,5-10,16-17,32-33H2,1-4H3;1-9,11-13H;/q2*-1;. The Morgan fingerprint density at radius 1 is 0.455 bits per heavy atom. The molecule has 2 aromatic heterocycles. The summed E-state index contributed by atoms with van der Waals surface area (Å²) < 4.78 is 1.21. The van der Waals surface area contributed by atoms with Crippen molar-refractivity contribution < 1.29 is 20.1 Å². The minimum Gasteiger partial charge on any atom is -0.285 e. The van der Waals surface area contributed by atoms with Crippen LogP contribution in [0.3, 0.4) is 0 Å². The summed E-state index contributed by atoms with van der Waals surface area (Å²) in [5, 5.41) is 2.10. The van der Waals surface area contributed by atoms with Crippen LogP contribution in [0.15, 0.2) is 200 Å². The number of unbranched alkanes of at least 4 members (excludes halogenated alkanes) is 6. The zero-order valence-corrected chi connectivity index (χ0v) is 47.9. The number of fused-ring (bicyclic) bond motifs is 5. The van der Waals surface area contributed by atoms with Gasteiger partial charge >= 0.3 is 0 Å². The Hall–Kier alpha value is -7.14. The van der Waals surface area contributed by atoms with E-state index in [0.29, 0.717) is 0 Å². The maximum absolute atomic E-state index is 5.38. The van der Waals surface area contributed by atoms with Crippen molar-refractivity contribution in [2.45, 2.75) is 97.3 Å². The fraction of sp³-hybridized carbons (Fsp3) is 0.208. The molecule has 385 valence electrons. The number of aryl methyl sites for hydroxylation is 2. The van der Waals surface area contributed by atoms with E-state index in [9.17, 15) is 0 Å². The van der Waals surface area contributed by atoms with E-state index in [-0.39, 0.29) is 25.5 Å². The number of para-hydroxylation sites is 2. The first-order valence-electron chi connectivity index (χ1n) is 27.5. The summed E-state index contributed by atoms with van der Waals surface area (Å²) >= 11 is 1.71. The van der Waals surface area contributed by atoms with E-state index in [1.54, 1.807) is 11.3 Å². The summed E-state index contributed by atoms with van der Waals surface area (Å²) in [4.78, 5) is 15.3. The maximum atomic E-state index is 5.38. The van der Waals surface area contributed by atoms with Crippen molar-refractivity contribution in [3.05, 3.63) is 235 Å². The summed E-state index contributed by atoms with van der Waals surface area (Å²) in [5.74, 6) is 0.732. The van der Waals surface area contributed by atoms with Gasteiger partial charge in [-0.05, 0) is 113 Å². The van der Waals surface area contributed by atoms with Crippen LogP contribution in [0.25, 0.3) is 98.8 Å². The third kappa shape index (κ3) is 11.3. The van der Waals surface area contributed by atoms with Gasteiger partial charge in [-0.1, -0.05) is 210 Å². The van der Waals surface area contributed by atoms with Gasteiger partial charge < -0.3 is 0 Å². The van der Waals surface area contributed by atoms with E-state index in [0.717, 1.165) is 44.1 Å². The molecule has 11 aromatic rings. The Balaban J connectivity index is 0.000000254. The molecule has 0 spiro atoms. The van der Waals surface area contributed by atoms with Gasteiger partial charge in [0.25, 0.3) is 0 Å². The SMILES string of the molecule is CCCCCCC1(CCCCCC)c2c[c-]c(-c3nc(-c4c(C)cccc4C)c4ccccc4n3)cc2-c2cc(-c3cccc(-c4ccccc4)c3)ccc21.[Ir].[c-]1ccc(-c2ccccc2)cc1-c1nc2ccccc2s1.